The first-order chi connectivity index (χ1) is 9.84. The molecule has 3 nitrogen and oxygen atoms in total. The summed E-state index contributed by atoms with van der Waals surface area (Å²) in [7, 11) is 0. The number of nitrogens with one attached hydrogen (secondary N) is 1. The van der Waals surface area contributed by atoms with Gasteiger partial charge in [-0.25, -0.2) is 0 Å². The molecule has 0 spiro atoms. The number of rotatable bonds is 2. The Morgan fingerprint density at radius 1 is 1.20 bits per heavy atom. The third-order valence-electron chi connectivity index (χ3n) is 3.95. The van der Waals surface area contributed by atoms with Crippen LogP contribution in [0.2, 0.25) is 0 Å². The zero-order valence-electron chi connectivity index (χ0n) is 11.9. The van der Waals surface area contributed by atoms with Gasteiger partial charge in [-0.05, 0) is 37.1 Å². The molecule has 0 aliphatic carbocycles. The number of benzene rings is 1. The first-order valence-corrected chi connectivity index (χ1v) is 7.28. The lowest BCUT2D eigenvalue weighted by molar-refractivity contribution is 0.569. The van der Waals surface area contributed by atoms with Crippen molar-refractivity contribution in [3.8, 4) is 0 Å². The minimum absolute atomic E-state index is 0.387. The summed E-state index contributed by atoms with van der Waals surface area (Å²) >= 11 is 0. The second-order valence-corrected chi connectivity index (χ2v) is 5.38. The topological polar surface area (TPSA) is 28.2 Å². The summed E-state index contributed by atoms with van der Waals surface area (Å²) in [5.74, 6) is 0. The van der Waals surface area contributed by atoms with E-state index in [1.54, 1.807) is 0 Å². The molecule has 1 aliphatic heterocycles. The number of aryl methyl sites for hydroxylation is 1. The molecule has 0 bridgehead atoms. The largest absolute Gasteiger partial charge is 0.368 e. The van der Waals surface area contributed by atoms with Gasteiger partial charge in [0.1, 0.15) is 0 Å². The number of hydrogen-bond donors (Lipinski definition) is 1. The van der Waals surface area contributed by atoms with Crippen molar-refractivity contribution in [3.05, 3.63) is 59.9 Å². The molecule has 1 N–H and O–H groups in total. The van der Waals surface area contributed by atoms with Gasteiger partial charge in [-0.2, -0.15) is 0 Å². The van der Waals surface area contributed by atoms with Crippen LogP contribution in [0.15, 0.2) is 48.8 Å². The molecule has 0 saturated carbocycles. The van der Waals surface area contributed by atoms with Crippen molar-refractivity contribution in [2.45, 2.75) is 19.4 Å². The molecular weight excluding hydrogens is 246 g/mol. The third-order valence-corrected chi connectivity index (χ3v) is 3.95. The highest BCUT2D eigenvalue weighted by Gasteiger charge is 2.20. The molecule has 1 aromatic heterocycles. The summed E-state index contributed by atoms with van der Waals surface area (Å²) in [6.45, 7) is 5.31. The Kier molecular flexibility index (Phi) is 3.97. The summed E-state index contributed by atoms with van der Waals surface area (Å²) in [5, 5.41) is 3.66. The molecule has 1 saturated heterocycles. The Morgan fingerprint density at radius 2 is 2.05 bits per heavy atom. The van der Waals surface area contributed by atoms with Crippen molar-refractivity contribution in [1.82, 2.24) is 10.3 Å². The average molecular weight is 267 g/mol. The monoisotopic (exact) mass is 267 g/mol. The maximum absolute atomic E-state index is 4.29. The lowest BCUT2D eigenvalue weighted by Gasteiger charge is -2.27. The summed E-state index contributed by atoms with van der Waals surface area (Å²) < 4.78 is 0. The fourth-order valence-electron chi connectivity index (χ4n) is 2.84. The maximum atomic E-state index is 4.29. The highest BCUT2D eigenvalue weighted by Crippen LogP contribution is 2.24. The smallest absolute Gasteiger partial charge is 0.0583 e. The first-order valence-electron chi connectivity index (χ1n) is 7.28. The standard InChI is InChI=1S/C17H21N3/c1-14-8-10-18-12-17(14)20-11-5-9-19-16(13-20)15-6-3-2-4-7-15/h2-4,6-8,10,12,16,19H,5,9,11,13H2,1H3. The number of pyridine rings is 1. The van der Waals surface area contributed by atoms with Crippen molar-refractivity contribution in [3.63, 3.8) is 0 Å². The number of anilines is 1. The average Bonchev–Trinajstić information content (AvgIpc) is 2.75. The van der Waals surface area contributed by atoms with E-state index in [-0.39, 0.29) is 0 Å². The van der Waals surface area contributed by atoms with Gasteiger partial charge in [0, 0.05) is 25.3 Å². The minimum Gasteiger partial charge on any atom is -0.368 e. The molecule has 1 atom stereocenters. The van der Waals surface area contributed by atoms with Crippen LogP contribution in [-0.2, 0) is 0 Å². The fraction of sp³-hybridized carbons (Fsp3) is 0.353. The van der Waals surface area contributed by atoms with E-state index in [0.717, 1.165) is 26.1 Å². The van der Waals surface area contributed by atoms with Gasteiger partial charge in [-0.3, -0.25) is 4.98 Å². The van der Waals surface area contributed by atoms with Crippen LogP contribution in [-0.4, -0.2) is 24.6 Å². The van der Waals surface area contributed by atoms with Crippen LogP contribution in [0.1, 0.15) is 23.6 Å². The van der Waals surface area contributed by atoms with Gasteiger partial charge in [-0.1, -0.05) is 30.3 Å². The predicted molar refractivity (Wildman–Crippen MR) is 83.0 cm³/mol. The number of nitrogens with zero attached hydrogens (tertiary/aromatic N) is 2. The summed E-state index contributed by atoms with van der Waals surface area (Å²) in [6, 6.07) is 13.2. The molecule has 1 fully saturated rings. The summed E-state index contributed by atoms with van der Waals surface area (Å²) in [4.78, 5) is 6.75. The molecule has 0 radical (unpaired) electrons. The molecule has 0 amide bonds. The minimum atomic E-state index is 0.387. The van der Waals surface area contributed by atoms with Crippen molar-refractivity contribution >= 4 is 5.69 Å². The fourth-order valence-corrected chi connectivity index (χ4v) is 2.84. The van der Waals surface area contributed by atoms with Gasteiger partial charge in [-0.15, -0.1) is 0 Å². The molecule has 1 aliphatic rings. The zero-order valence-corrected chi connectivity index (χ0v) is 11.9. The van der Waals surface area contributed by atoms with Crippen LogP contribution < -0.4 is 10.2 Å². The Labute approximate surface area is 120 Å². The SMILES string of the molecule is Cc1ccncc1N1CCCNC(c2ccccc2)C1. The Bertz CT molecular complexity index is 553. The van der Waals surface area contributed by atoms with Crippen LogP contribution in [0.25, 0.3) is 0 Å². The van der Waals surface area contributed by atoms with Crippen molar-refractivity contribution < 1.29 is 0 Å². The van der Waals surface area contributed by atoms with Crippen LogP contribution in [0.4, 0.5) is 5.69 Å². The molecule has 3 heteroatoms. The predicted octanol–water partition coefficient (Wildman–Crippen LogP) is 2.93. The Morgan fingerprint density at radius 3 is 2.85 bits per heavy atom. The molecular formula is C17H21N3. The summed E-state index contributed by atoms with van der Waals surface area (Å²) in [5.41, 5.74) is 3.92. The van der Waals surface area contributed by atoms with E-state index in [4.69, 9.17) is 0 Å². The number of aromatic nitrogens is 1. The van der Waals surface area contributed by atoms with Crippen molar-refractivity contribution in [2.75, 3.05) is 24.5 Å². The zero-order chi connectivity index (χ0) is 13.8. The molecule has 2 aromatic rings. The lowest BCUT2D eigenvalue weighted by Crippen LogP contribution is -2.31. The van der Waals surface area contributed by atoms with Gasteiger partial charge >= 0.3 is 0 Å². The molecule has 1 unspecified atom stereocenters. The highest BCUT2D eigenvalue weighted by atomic mass is 15.2. The second-order valence-electron chi connectivity index (χ2n) is 5.38. The lowest BCUT2D eigenvalue weighted by atomic mass is 10.1. The van der Waals surface area contributed by atoms with E-state index >= 15 is 0 Å². The molecule has 1 aromatic carbocycles. The third kappa shape index (κ3) is 2.83. The first kappa shape index (κ1) is 13.1. The van der Waals surface area contributed by atoms with E-state index in [9.17, 15) is 0 Å². The molecule has 104 valence electrons. The van der Waals surface area contributed by atoms with Gasteiger partial charge in [0.25, 0.3) is 0 Å². The van der Waals surface area contributed by atoms with Crippen LogP contribution in [0.5, 0.6) is 0 Å². The maximum Gasteiger partial charge on any atom is 0.0583 e. The van der Waals surface area contributed by atoms with E-state index in [1.165, 1.54) is 16.8 Å². The molecule has 2 heterocycles. The normalized spacial score (nSPS) is 19.6. The molecule has 20 heavy (non-hydrogen) atoms. The summed E-state index contributed by atoms with van der Waals surface area (Å²) in [6.07, 6.45) is 5.02. The van der Waals surface area contributed by atoms with Gasteiger partial charge in [0.15, 0.2) is 0 Å². The van der Waals surface area contributed by atoms with Crippen LogP contribution >= 0.6 is 0 Å². The highest BCUT2D eigenvalue weighted by molar-refractivity contribution is 5.51. The van der Waals surface area contributed by atoms with E-state index in [0.29, 0.717) is 6.04 Å². The van der Waals surface area contributed by atoms with E-state index in [2.05, 4.69) is 58.5 Å². The van der Waals surface area contributed by atoms with Gasteiger partial charge < -0.3 is 10.2 Å². The van der Waals surface area contributed by atoms with E-state index in [1.807, 2.05) is 12.4 Å². The Balaban J connectivity index is 1.84. The van der Waals surface area contributed by atoms with Gasteiger partial charge in [0.05, 0.1) is 11.9 Å². The number of hydrogen-bond acceptors (Lipinski definition) is 3. The quantitative estimate of drug-likeness (QED) is 0.907. The molecule has 3 rings (SSSR count). The second kappa shape index (κ2) is 6.06. The van der Waals surface area contributed by atoms with Gasteiger partial charge in [0.2, 0.25) is 0 Å². The Hall–Kier alpha value is -1.87. The van der Waals surface area contributed by atoms with E-state index < -0.39 is 0 Å². The van der Waals surface area contributed by atoms with Crippen molar-refractivity contribution in [1.29, 1.82) is 0 Å². The van der Waals surface area contributed by atoms with Crippen LogP contribution in [0, 0.1) is 6.92 Å². The van der Waals surface area contributed by atoms with Crippen LogP contribution in [0.3, 0.4) is 0 Å². The van der Waals surface area contributed by atoms with Crippen molar-refractivity contribution in [2.24, 2.45) is 0 Å².